The van der Waals surface area contributed by atoms with E-state index in [9.17, 15) is 0 Å². The molecule has 2 N–H and O–H groups in total. The van der Waals surface area contributed by atoms with Crippen molar-refractivity contribution in [2.45, 2.75) is 19.8 Å². The van der Waals surface area contributed by atoms with E-state index in [1.807, 2.05) is 6.92 Å². The summed E-state index contributed by atoms with van der Waals surface area (Å²) in [6.45, 7) is 2.76. The van der Waals surface area contributed by atoms with E-state index >= 15 is 0 Å². The molecule has 1 rings (SSSR count). The molecule has 14 heavy (non-hydrogen) atoms. The molecule has 0 aliphatic rings. The maximum absolute atomic E-state index is 5.48. The van der Waals surface area contributed by atoms with Gasteiger partial charge in [0.1, 0.15) is 5.75 Å². The highest BCUT2D eigenvalue weighted by Gasteiger charge is 2.05. The highest BCUT2D eigenvalue weighted by Crippen LogP contribution is 2.27. The van der Waals surface area contributed by atoms with Gasteiger partial charge in [-0.25, -0.2) is 0 Å². The molecule has 1 aromatic carbocycles. The van der Waals surface area contributed by atoms with E-state index in [0.717, 1.165) is 35.2 Å². The molecule has 0 radical (unpaired) electrons. The maximum atomic E-state index is 5.48. The molecule has 0 bridgehead atoms. The lowest BCUT2D eigenvalue weighted by Crippen LogP contribution is -2.01. The summed E-state index contributed by atoms with van der Waals surface area (Å²) in [6.07, 6.45) is 2.00. The number of benzene rings is 1. The number of halogens is 1. The SMILES string of the molecule is COc1cc(CCCN)c(Br)cc1C. The van der Waals surface area contributed by atoms with Crippen molar-refractivity contribution in [3.05, 3.63) is 27.7 Å². The predicted molar refractivity (Wildman–Crippen MR) is 62.8 cm³/mol. The fourth-order valence-electron chi connectivity index (χ4n) is 1.40. The molecule has 0 aliphatic carbocycles. The zero-order chi connectivity index (χ0) is 10.6. The van der Waals surface area contributed by atoms with Crippen molar-refractivity contribution >= 4 is 15.9 Å². The van der Waals surface area contributed by atoms with E-state index in [-0.39, 0.29) is 0 Å². The summed E-state index contributed by atoms with van der Waals surface area (Å²) in [6, 6.07) is 4.17. The Hall–Kier alpha value is -0.540. The molecule has 0 spiro atoms. The van der Waals surface area contributed by atoms with Crippen molar-refractivity contribution < 1.29 is 4.74 Å². The second-order valence-corrected chi connectivity index (χ2v) is 4.16. The molecule has 2 nitrogen and oxygen atoms in total. The monoisotopic (exact) mass is 257 g/mol. The van der Waals surface area contributed by atoms with Gasteiger partial charge in [-0.15, -0.1) is 0 Å². The van der Waals surface area contributed by atoms with Crippen LogP contribution in [0.1, 0.15) is 17.5 Å². The van der Waals surface area contributed by atoms with Gasteiger partial charge in [-0.3, -0.25) is 0 Å². The number of ether oxygens (including phenoxy) is 1. The topological polar surface area (TPSA) is 35.2 Å². The second kappa shape index (κ2) is 5.37. The lowest BCUT2D eigenvalue weighted by molar-refractivity contribution is 0.411. The summed E-state index contributed by atoms with van der Waals surface area (Å²) < 4.78 is 6.41. The average Bonchev–Trinajstić information content (AvgIpc) is 2.17. The van der Waals surface area contributed by atoms with E-state index in [0.29, 0.717) is 0 Å². The van der Waals surface area contributed by atoms with Crippen molar-refractivity contribution in [2.75, 3.05) is 13.7 Å². The van der Waals surface area contributed by atoms with Crippen molar-refractivity contribution in [2.24, 2.45) is 5.73 Å². The van der Waals surface area contributed by atoms with E-state index in [1.54, 1.807) is 7.11 Å². The Morgan fingerprint density at radius 1 is 1.43 bits per heavy atom. The van der Waals surface area contributed by atoms with Crippen LogP contribution in [0.25, 0.3) is 0 Å². The molecule has 0 fully saturated rings. The highest BCUT2D eigenvalue weighted by molar-refractivity contribution is 9.10. The Morgan fingerprint density at radius 3 is 2.71 bits per heavy atom. The van der Waals surface area contributed by atoms with Gasteiger partial charge in [0.2, 0.25) is 0 Å². The van der Waals surface area contributed by atoms with Crippen LogP contribution in [-0.4, -0.2) is 13.7 Å². The molecule has 0 atom stereocenters. The van der Waals surface area contributed by atoms with Crippen LogP contribution in [0.15, 0.2) is 16.6 Å². The van der Waals surface area contributed by atoms with Crippen LogP contribution in [0, 0.1) is 6.92 Å². The van der Waals surface area contributed by atoms with Crippen LogP contribution in [0.3, 0.4) is 0 Å². The van der Waals surface area contributed by atoms with Gasteiger partial charge in [-0.2, -0.15) is 0 Å². The molecule has 78 valence electrons. The summed E-state index contributed by atoms with van der Waals surface area (Å²) in [5.74, 6) is 0.945. The molecule has 3 heteroatoms. The fraction of sp³-hybridized carbons (Fsp3) is 0.455. The van der Waals surface area contributed by atoms with Crippen LogP contribution >= 0.6 is 15.9 Å². The Morgan fingerprint density at radius 2 is 2.14 bits per heavy atom. The molecule has 1 aromatic rings. The molecular weight excluding hydrogens is 242 g/mol. The molecule has 0 heterocycles. The fourth-order valence-corrected chi connectivity index (χ4v) is 2.06. The lowest BCUT2D eigenvalue weighted by Gasteiger charge is -2.09. The summed E-state index contributed by atoms with van der Waals surface area (Å²) in [4.78, 5) is 0. The smallest absolute Gasteiger partial charge is 0.122 e. The van der Waals surface area contributed by atoms with Gasteiger partial charge in [0.05, 0.1) is 7.11 Å². The summed E-state index contributed by atoms with van der Waals surface area (Å²) in [7, 11) is 1.70. The average molecular weight is 258 g/mol. The van der Waals surface area contributed by atoms with E-state index in [4.69, 9.17) is 10.5 Å². The minimum absolute atomic E-state index is 0.725. The standard InChI is InChI=1S/C11H16BrNO/c1-8-6-10(12)9(4-3-5-13)7-11(8)14-2/h6-7H,3-5,13H2,1-2H3. The number of methoxy groups -OCH3 is 1. The molecule has 0 aliphatic heterocycles. The number of nitrogens with two attached hydrogens (primary N) is 1. The lowest BCUT2D eigenvalue weighted by atomic mass is 10.1. The van der Waals surface area contributed by atoms with Gasteiger partial charge >= 0.3 is 0 Å². The highest BCUT2D eigenvalue weighted by atomic mass is 79.9. The first-order valence-electron chi connectivity index (χ1n) is 4.72. The first-order valence-corrected chi connectivity index (χ1v) is 5.51. The molecule has 0 unspecified atom stereocenters. The third kappa shape index (κ3) is 2.72. The minimum Gasteiger partial charge on any atom is -0.496 e. The van der Waals surface area contributed by atoms with Crippen molar-refractivity contribution in [1.82, 2.24) is 0 Å². The Labute approximate surface area is 93.6 Å². The van der Waals surface area contributed by atoms with Crippen LogP contribution in [-0.2, 0) is 6.42 Å². The number of hydrogen-bond donors (Lipinski definition) is 1. The Kier molecular flexibility index (Phi) is 4.42. The summed E-state index contributed by atoms with van der Waals surface area (Å²) in [5.41, 5.74) is 7.89. The van der Waals surface area contributed by atoms with Gasteiger partial charge in [0, 0.05) is 4.47 Å². The molecular formula is C11H16BrNO. The molecule has 0 aromatic heterocycles. The van der Waals surface area contributed by atoms with E-state index in [2.05, 4.69) is 28.1 Å². The van der Waals surface area contributed by atoms with Crippen LogP contribution in [0.5, 0.6) is 5.75 Å². The molecule has 0 saturated heterocycles. The Balaban J connectivity index is 2.92. The second-order valence-electron chi connectivity index (χ2n) is 3.31. The predicted octanol–water partition coefficient (Wildman–Crippen LogP) is 2.66. The summed E-state index contributed by atoms with van der Waals surface area (Å²) >= 11 is 3.54. The van der Waals surface area contributed by atoms with Crippen LogP contribution < -0.4 is 10.5 Å². The first-order chi connectivity index (χ1) is 6.69. The summed E-state index contributed by atoms with van der Waals surface area (Å²) in [5, 5.41) is 0. The van der Waals surface area contributed by atoms with Gasteiger partial charge < -0.3 is 10.5 Å². The van der Waals surface area contributed by atoms with Crippen molar-refractivity contribution in [3.63, 3.8) is 0 Å². The third-order valence-corrected chi connectivity index (χ3v) is 2.95. The van der Waals surface area contributed by atoms with Gasteiger partial charge in [0.15, 0.2) is 0 Å². The number of aryl methyl sites for hydroxylation is 2. The maximum Gasteiger partial charge on any atom is 0.122 e. The largest absolute Gasteiger partial charge is 0.496 e. The molecule has 0 saturated carbocycles. The van der Waals surface area contributed by atoms with E-state index in [1.165, 1.54) is 5.56 Å². The Bertz CT molecular complexity index is 312. The minimum atomic E-state index is 0.725. The third-order valence-electron chi connectivity index (χ3n) is 2.21. The van der Waals surface area contributed by atoms with Crippen molar-refractivity contribution in [3.8, 4) is 5.75 Å². The number of hydrogen-bond acceptors (Lipinski definition) is 2. The van der Waals surface area contributed by atoms with Gasteiger partial charge in [0.25, 0.3) is 0 Å². The zero-order valence-electron chi connectivity index (χ0n) is 8.64. The molecule has 0 amide bonds. The first kappa shape index (κ1) is 11.5. The van der Waals surface area contributed by atoms with Crippen LogP contribution in [0.4, 0.5) is 0 Å². The number of rotatable bonds is 4. The van der Waals surface area contributed by atoms with E-state index < -0.39 is 0 Å². The van der Waals surface area contributed by atoms with Gasteiger partial charge in [-0.1, -0.05) is 15.9 Å². The van der Waals surface area contributed by atoms with Crippen molar-refractivity contribution in [1.29, 1.82) is 0 Å². The zero-order valence-corrected chi connectivity index (χ0v) is 10.2. The normalized spacial score (nSPS) is 10.3. The van der Waals surface area contributed by atoms with Crippen LogP contribution in [0.2, 0.25) is 0 Å². The van der Waals surface area contributed by atoms with Gasteiger partial charge in [-0.05, 0) is 49.6 Å². The quantitative estimate of drug-likeness (QED) is 0.901.